The highest BCUT2D eigenvalue weighted by Gasteiger charge is 2.18. The average molecular weight is 384 g/mol. The van der Waals surface area contributed by atoms with E-state index in [1.165, 1.54) is 18.3 Å². The molecule has 2 amide bonds. The van der Waals surface area contributed by atoms with Gasteiger partial charge in [0.05, 0.1) is 11.1 Å². The topological polar surface area (TPSA) is 118 Å². The lowest BCUT2D eigenvalue weighted by Crippen LogP contribution is -2.39. The predicted molar refractivity (Wildman–Crippen MR) is 102 cm³/mol. The van der Waals surface area contributed by atoms with Gasteiger partial charge in [-0.05, 0) is 37.1 Å². The second-order valence-electron chi connectivity index (χ2n) is 6.43. The van der Waals surface area contributed by atoms with Crippen molar-refractivity contribution in [2.75, 3.05) is 13.1 Å². The standard InChI is InChI=1S/C19H20N4O5/c24-18(13-22-11-3-1-2-4-19(22)25)21-20-12-16-9-10-17(28-16)14-5-7-15(8-6-14)23(26)27/h5-10,12H,1-4,11,13H2,(H,21,24)/b20-12-. The molecule has 9 nitrogen and oxygen atoms in total. The van der Waals surface area contributed by atoms with Gasteiger partial charge >= 0.3 is 0 Å². The first-order valence-electron chi connectivity index (χ1n) is 8.97. The third kappa shape index (κ3) is 5.03. The van der Waals surface area contributed by atoms with Gasteiger partial charge in [0.2, 0.25) is 5.91 Å². The molecule has 0 unspecified atom stereocenters. The number of hydrogen-bond acceptors (Lipinski definition) is 6. The summed E-state index contributed by atoms with van der Waals surface area (Å²) in [7, 11) is 0. The second-order valence-corrected chi connectivity index (χ2v) is 6.43. The number of benzene rings is 1. The molecule has 2 aromatic rings. The van der Waals surface area contributed by atoms with Gasteiger partial charge in [0, 0.05) is 30.7 Å². The van der Waals surface area contributed by atoms with E-state index in [9.17, 15) is 19.7 Å². The van der Waals surface area contributed by atoms with Crippen molar-refractivity contribution in [3.05, 3.63) is 52.3 Å². The Morgan fingerprint density at radius 2 is 2.00 bits per heavy atom. The minimum absolute atomic E-state index is 0.00250. The lowest BCUT2D eigenvalue weighted by Gasteiger charge is -2.18. The van der Waals surface area contributed by atoms with Crippen molar-refractivity contribution < 1.29 is 18.9 Å². The van der Waals surface area contributed by atoms with Crippen LogP contribution in [-0.2, 0) is 9.59 Å². The maximum atomic E-state index is 12.0. The molecular weight excluding hydrogens is 364 g/mol. The van der Waals surface area contributed by atoms with Crippen LogP contribution in [0.15, 0.2) is 45.9 Å². The lowest BCUT2D eigenvalue weighted by molar-refractivity contribution is -0.384. The SMILES string of the molecule is O=C(CN1CCCCCC1=O)N/N=C\c1ccc(-c2ccc([N+](=O)[O-])cc2)o1. The number of likely N-dealkylation sites (tertiary alicyclic amines) is 1. The molecule has 146 valence electrons. The largest absolute Gasteiger partial charge is 0.455 e. The number of hydrogen-bond donors (Lipinski definition) is 1. The highest BCUT2D eigenvalue weighted by molar-refractivity contribution is 5.86. The van der Waals surface area contributed by atoms with Gasteiger partial charge in [0.15, 0.2) is 0 Å². The van der Waals surface area contributed by atoms with Gasteiger partial charge in [-0.15, -0.1) is 0 Å². The van der Waals surface area contributed by atoms with E-state index in [1.54, 1.807) is 29.2 Å². The van der Waals surface area contributed by atoms with Gasteiger partial charge in [-0.25, -0.2) is 5.43 Å². The van der Waals surface area contributed by atoms with E-state index >= 15 is 0 Å². The Bertz CT molecular complexity index is 888. The highest BCUT2D eigenvalue weighted by atomic mass is 16.6. The zero-order valence-electron chi connectivity index (χ0n) is 15.2. The fourth-order valence-electron chi connectivity index (χ4n) is 2.91. The number of hydrazone groups is 1. The number of nitrogens with zero attached hydrogens (tertiary/aromatic N) is 3. The lowest BCUT2D eigenvalue weighted by atomic mass is 10.1. The first kappa shape index (κ1) is 19.3. The minimum Gasteiger partial charge on any atom is -0.455 e. The zero-order chi connectivity index (χ0) is 19.9. The fourth-order valence-corrected chi connectivity index (χ4v) is 2.91. The summed E-state index contributed by atoms with van der Waals surface area (Å²) < 4.78 is 5.60. The van der Waals surface area contributed by atoms with Gasteiger partial charge in [0.1, 0.15) is 18.1 Å². The van der Waals surface area contributed by atoms with E-state index in [2.05, 4.69) is 10.5 Å². The summed E-state index contributed by atoms with van der Waals surface area (Å²) in [5.74, 6) is 0.571. The third-order valence-corrected chi connectivity index (χ3v) is 4.38. The average Bonchev–Trinajstić information content (AvgIpc) is 3.06. The van der Waals surface area contributed by atoms with Crippen molar-refractivity contribution >= 4 is 23.7 Å². The summed E-state index contributed by atoms with van der Waals surface area (Å²) in [6, 6.07) is 9.37. The van der Waals surface area contributed by atoms with E-state index in [1.807, 2.05) is 0 Å². The number of nitro benzene ring substituents is 1. The van der Waals surface area contributed by atoms with E-state index in [0.717, 1.165) is 19.3 Å². The number of nitrogens with one attached hydrogen (secondary N) is 1. The first-order chi connectivity index (χ1) is 13.5. The van der Waals surface area contributed by atoms with Crippen molar-refractivity contribution in [1.82, 2.24) is 10.3 Å². The van der Waals surface area contributed by atoms with Crippen LogP contribution < -0.4 is 5.43 Å². The number of furan rings is 1. The van der Waals surface area contributed by atoms with Crippen LogP contribution in [0.3, 0.4) is 0 Å². The highest BCUT2D eigenvalue weighted by Crippen LogP contribution is 2.24. The molecule has 0 radical (unpaired) electrons. The number of rotatable bonds is 6. The van der Waals surface area contributed by atoms with Crippen molar-refractivity contribution in [2.45, 2.75) is 25.7 Å². The summed E-state index contributed by atoms with van der Waals surface area (Å²) in [5.41, 5.74) is 3.08. The number of non-ortho nitro benzene ring substituents is 1. The molecule has 1 N–H and O–H groups in total. The summed E-state index contributed by atoms with van der Waals surface area (Å²) in [6.45, 7) is 0.578. The fraction of sp³-hybridized carbons (Fsp3) is 0.316. The molecule has 1 aromatic heterocycles. The third-order valence-electron chi connectivity index (χ3n) is 4.38. The van der Waals surface area contributed by atoms with Crippen molar-refractivity contribution in [1.29, 1.82) is 0 Å². The molecule has 0 spiro atoms. The Morgan fingerprint density at radius 3 is 2.75 bits per heavy atom. The predicted octanol–water partition coefficient (Wildman–Crippen LogP) is 2.71. The molecule has 1 saturated heterocycles. The van der Waals surface area contributed by atoms with Crippen LogP contribution >= 0.6 is 0 Å². The Morgan fingerprint density at radius 1 is 1.21 bits per heavy atom. The maximum absolute atomic E-state index is 12.0. The number of carbonyl (C=O) groups is 2. The van der Waals surface area contributed by atoms with Crippen LogP contribution in [0.1, 0.15) is 31.4 Å². The molecule has 1 fully saturated rings. The summed E-state index contributed by atoms with van der Waals surface area (Å²) in [6.07, 6.45) is 4.60. The first-order valence-corrected chi connectivity index (χ1v) is 8.97. The molecule has 1 aliphatic rings. The molecule has 1 aromatic carbocycles. The van der Waals surface area contributed by atoms with E-state index < -0.39 is 4.92 Å². The molecule has 0 atom stereocenters. The minimum atomic E-state index is -0.466. The Hall–Kier alpha value is -3.49. The van der Waals surface area contributed by atoms with Crippen molar-refractivity contribution in [2.24, 2.45) is 5.10 Å². The Kier molecular flexibility index (Phi) is 6.15. The molecule has 3 rings (SSSR count). The van der Waals surface area contributed by atoms with Gasteiger partial charge in [-0.2, -0.15) is 5.10 Å². The molecule has 2 heterocycles. The van der Waals surface area contributed by atoms with Gasteiger partial charge in [-0.3, -0.25) is 19.7 Å². The normalized spacial score (nSPS) is 14.9. The number of nitro groups is 1. The second kappa shape index (κ2) is 8.94. The summed E-state index contributed by atoms with van der Waals surface area (Å²) in [4.78, 5) is 35.6. The Balaban J connectivity index is 1.54. The summed E-state index contributed by atoms with van der Waals surface area (Å²) >= 11 is 0. The van der Waals surface area contributed by atoms with Gasteiger partial charge in [0.25, 0.3) is 11.6 Å². The van der Waals surface area contributed by atoms with Crippen LogP contribution in [-0.4, -0.2) is 40.9 Å². The number of carbonyl (C=O) groups excluding carboxylic acids is 2. The molecule has 0 saturated carbocycles. The molecule has 0 bridgehead atoms. The smallest absolute Gasteiger partial charge is 0.269 e. The Labute approximate surface area is 161 Å². The van der Waals surface area contributed by atoms with Crippen LogP contribution in [0.25, 0.3) is 11.3 Å². The number of amides is 2. The molecule has 1 aliphatic heterocycles. The maximum Gasteiger partial charge on any atom is 0.269 e. The van der Waals surface area contributed by atoms with E-state index in [4.69, 9.17) is 4.42 Å². The molecule has 28 heavy (non-hydrogen) atoms. The van der Waals surface area contributed by atoms with Crippen molar-refractivity contribution in [3.63, 3.8) is 0 Å². The van der Waals surface area contributed by atoms with Crippen LogP contribution in [0.2, 0.25) is 0 Å². The van der Waals surface area contributed by atoms with Crippen LogP contribution in [0.5, 0.6) is 0 Å². The molecular formula is C19H20N4O5. The van der Waals surface area contributed by atoms with Crippen LogP contribution in [0.4, 0.5) is 5.69 Å². The van der Waals surface area contributed by atoms with E-state index in [-0.39, 0.29) is 24.0 Å². The quantitative estimate of drug-likeness (QED) is 0.467. The summed E-state index contributed by atoms with van der Waals surface area (Å²) in [5, 5.41) is 14.5. The van der Waals surface area contributed by atoms with Gasteiger partial charge < -0.3 is 9.32 Å². The van der Waals surface area contributed by atoms with Crippen molar-refractivity contribution in [3.8, 4) is 11.3 Å². The van der Waals surface area contributed by atoms with Crippen LogP contribution in [0, 0.1) is 10.1 Å². The molecule has 9 heteroatoms. The monoisotopic (exact) mass is 384 g/mol. The van der Waals surface area contributed by atoms with E-state index in [0.29, 0.717) is 30.0 Å². The zero-order valence-corrected chi connectivity index (χ0v) is 15.2. The van der Waals surface area contributed by atoms with Gasteiger partial charge in [-0.1, -0.05) is 6.42 Å². The molecule has 0 aliphatic carbocycles.